The molecule has 3 rings (SSSR count). The molecule has 24 heavy (non-hydrogen) atoms. The average Bonchev–Trinajstić information content (AvgIpc) is 2.95. The number of aliphatic imine (C=N–C) groups is 1. The number of carbonyl (C=O) groups excluding carboxylic acids is 1. The van der Waals surface area contributed by atoms with E-state index in [0.29, 0.717) is 10.1 Å². The summed E-state index contributed by atoms with van der Waals surface area (Å²) in [6.45, 7) is 2.12. The van der Waals surface area contributed by atoms with Crippen molar-refractivity contribution in [2.75, 3.05) is 7.11 Å². The Kier molecular flexibility index (Phi) is 5.01. The molecule has 1 amide bonds. The van der Waals surface area contributed by atoms with Gasteiger partial charge in [-0.1, -0.05) is 31.2 Å². The van der Waals surface area contributed by atoms with Crippen molar-refractivity contribution < 1.29 is 9.53 Å². The second kappa shape index (κ2) is 7.36. The molecule has 0 radical (unpaired) electrons. The van der Waals surface area contributed by atoms with Gasteiger partial charge in [-0.2, -0.15) is 0 Å². The van der Waals surface area contributed by atoms with Gasteiger partial charge in [0.25, 0.3) is 5.91 Å². The predicted octanol–water partition coefficient (Wildman–Crippen LogP) is 4.15. The van der Waals surface area contributed by atoms with E-state index in [2.05, 4.69) is 29.4 Å². The van der Waals surface area contributed by atoms with Crippen molar-refractivity contribution >= 4 is 34.6 Å². The number of ether oxygens (including phenoxy) is 1. The first-order chi connectivity index (χ1) is 11.7. The van der Waals surface area contributed by atoms with Crippen LogP contribution in [0.3, 0.4) is 0 Å². The molecule has 0 unspecified atom stereocenters. The third-order valence-electron chi connectivity index (χ3n) is 3.64. The van der Waals surface area contributed by atoms with E-state index in [1.165, 1.54) is 17.3 Å². The Morgan fingerprint density at radius 2 is 1.83 bits per heavy atom. The summed E-state index contributed by atoms with van der Waals surface area (Å²) in [7, 11) is 1.62. The lowest BCUT2D eigenvalue weighted by Gasteiger charge is -2.00. The molecule has 1 heterocycles. The Bertz CT molecular complexity index is 793. The van der Waals surface area contributed by atoms with Gasteiger partial charge in [0.1, 0.15) is 5.75 Å². The lowest BCUT2D eigenvalue weighted by atomic mass is 10.1. The number of nitrogens with one attached hydrogen (secondary N) is 1. The molecule has 1 N–H and O–H groups in total. The minimum absolute atomic E-state index is 0.119. The van der Waals surface area contributed by atoms with Gasteiger partial charge in [0.05, 0.1) is 17.7 Å². The minimum Gasteiger partial charge on any atom is -0.497 e. The summed E-state index contributed by atoms with van der Waals surface area (Å²) >= 11 is 1.35. The van der Waals surface area contributed by atoms with Crippen LogP contribution in [0.2, 0.25) is 0 Å². The maximum Gasteiger partial charge on any atom is 0.264 e. The van der Waals surface area contributed by atoms with Gasteiger partial charge in [-0.3, -0.25) is 4.79 Å². The van der Waals surface area contributed by atoms with Crippen molar-refractivity contribution in [3.05, 3.63) is 64.6 Å². The van der Waals surface area contributed by atoms with Crippen LogP contribution < -0.4 is 10.1 Å². The molecule has 1 fully saturated rings. The molecule has 2 aromatic rings. The van der Waals surface area contributed by atoms with Crippen LogP contribution in [-0.4, -0.2) is 18.2 Å². The Morgan fingerprint density at radius 1 is 1.12 bits per heavy atom. The first-order valence-corrected chi connectivity index (χ1v) is 8.52. The van der Waals surface area contributed by atoms with Gasteiger partial charge in [-0.15, -0.1) is 0 Å². The Labute approximate surface area is 145 Å². The maximum absolute atomic E-state index is 12.1. The van der Waals surface area contributed by atoms with Gasteiger partial charge in [-0.05, 0) is 59.7 Å². The zero-order chi connectivity index (χ0) is 16.9. The van der Waals surface area contributed by atoms with E-state index >= 15 is 0 Å². The summed E-state index contributed by atoms with van der Waals surface area (Å²) in [5, 5.41) is 3.38. The fourth-order valence-electron chi connectivity index (χ4n) is 2.26. The number of amidine groups is 1. The fourth-order valence-corrected chi connectivity index (χ4v) is 3.10. The smallest absolute Gasteiger partial charge is 0.264 e. The van der Waals surface area contributed by atoms with E-state index in [0.717, 1.165) is 23.4 Å². The molecule has 0 saturated carbocycles. The Morgan fingerprint density at radius 3 is 2.46 bits per heavy atom. The molecule has 122 valence electrons. The Balaban J connectivity index is 1.76. The fraction of sp³-hybridized carbons (Fsp3) is 0.158. The van der Waals surface area contributed by atoms with Crippen LogP contribution in [0.4, 0.5) is 5.69 Å². The molecule has 1 aliphatic heterocycles. The van der Waals surface area contributed by atoms with Crippen molar-refractivity contribution in [1.82, 2.24) is 5.32 Å². The second-order valence-electron chi connectivity index (χ2n) is 5.27. The van der Waals surface area contributed by atoms with Crippen molar-refractivity contribution in [2.45, 2.75) is 13.3 Å². The van der Waals surface area contributed by atoms with Crippen LogP contribution in [0, 0.1) is 0 Å². The monoisotopic (exact) mass is 338 g/mol. The summed E-state index contributed by atoms with van der Waals surface area (Å²) in [5.74, 6) is 0.657. The Hall–Kier alpha value is -2.53. The van der Waals surface area contributed by atoms with Crippen LogP contribution >= 0.6 is 11.8 Å². The van der Waals surface area contributed by atoms with Crippen LogP contribution in [-0.2, 0) is 11.2 Å². The van der Waals surface area contributed by atoms with Gasteiger partial charge in [-0.25, -0.2) is 4.99 Å². The predicted molar refractivity (Wildman–Crippen MR) is 99.6 cm³/mol. The van der Waals surface area contributed by atoms with Gasteiger partial charge in [0.2, 0.25) is 0 Å². The van der Waals surface area contributed by atoms with Crippen molar-refractivity contribution in [1.29, 1.82) is 0 Å². The summed E-state index contributed by atoms with van der Waals surface area (Å²) < 4.78 is 5.12. The number of benzene rings is 2. The molecule has 0 spiro atoms. The van der Waals surface area contributed by atoms with Crippen LogP contribution in [0.25, 0.3) is 6.08 Å². The van der Waals surface area contributed by atoms with E-state index in [1.54, 1.807) is 7.11 Å². The molecule has 1 saturated heterocycles. The normalized spacial score (nSPS) is 17.3. The third-order valence-corrected chi connectivity index (χ3v) is 4.55. The minimum atomic E-state index is -0.119. The zero-order valence-electron chi connectivity index (χ0n) is 13.6. The van der Waals surface area contributed by atoms with Gasteiger partial charge >= 0.3 is 0 Å². The first-order valence-electron chi connectivity index (χ1n) is 7.70. The number of carbonyl (C=O) groups is 1. The molecule has 1 aliphatic rings. The first kappa shape index (κ1) is 16.3. The van der Waals surface area contributed by atoms with E-state index in [-0.39, 0.29) is 5.91 Å². The molecular weight excluding hydrogens is 320 g/mol. The summed E-state index contributed by atoms with van der Waals surface area (Å²) in [5.41, 5.74) is 3.06. The van der Waals surface area contributed by atoms with E-state index < -0.39 is 0 Å². The SMILES string of the molecule is CCc1ccc(/C=C2/SC(=Nc3ccc(OC)cc3)NC2=O)cc1. The lowest BCUT2D eigenvalue weighted by Crippen LogP contribution is -2.19. The third kappa shape index (κ3) is 3.86. The lowest BCUT2D eigenvalue weighted by molar-refractivity contribution is -0.115. The van der Waals surface area contributed by atoms with E-state index in [1.807, 2.05) is 42.5 Å². The van der Waals surface area contributed by atoms with Crippen LogP contribution in [0.5, 0.6) is 5.75 Å². The highest BCUT2D eigenvalue weighted by atomic mass is 32.2. The maximum atomic E-state index is 12.1. The molecule has 0 aromatic heterocycles. The number of nitrogens with zero attached hydrogens (tertiary/aromatic N) is 1. The van der Waals surface area contributed by atoms with Crippen LogP contribution in [0.1, 0.15) is 18.1 Å². The summed E-state index contributed by atoms with van der Waals surface area (Å²) in [4.78, 5) is 17.2. The molecule has 2 aromatic carbocycles. The topological polar surface area (TPSA) is 50.7 Å². The van der Waals surface area contributed by atoms with Gasteiger partial charge < -0.3 is 10.1 Å². The number of hydrogen-bond donors (Lipinski definition) is 1. The molecular formula is C19H18N2O2S. The summed E-state index contributed by atoms with van der Waals surface area (Å²) in [6.07, 6.45) is 2.89. The summed E-state index contributed by atoms with van der Waals surface area (Å²) in [6, 6.07) is 15.6. The highest BCUT2D eigenvalue weighted by Gasteiger charge is 2.23. The van der Waals surface area contributed by atoms with Gasteiger partial charge in [0, 0.05) is 0 Å². The zero-order valence-corrected chi connectivity index (χ0v) is 14.4. The van der Waals surface area contributed by atoms with E-state index in [4.69, 9.17) is 4.74 Å². The molecule has 0 atom stereocenters. The second-order valence-corrected chi connectivity index (χ2v) is 6.31. The van der Waals surface area contributed by atoms with E-state index in [9.17, 15) is 4.79 Å². The number of amides is 1. The average molecular weight is 338 g/mol. The molecule has 5 heteroatoms. The van der Waals surface area contributed by atoms with Crippen molar-refractivity contribution in [2.24, 2.45) is 4.99 Å². The van der Waals surface area contributed by atoms with Crippen molar-refractivity contribution in [3.8, 4) is 5.75 Å². The molecule has 4 nitrogen and oxygen atoms in total. The highest BCUT2D eigenvalue weighted by Crippen LogP contribution is 2.28. The quantitative estimate of drug-likeness (QED) is 0.852. The largest absolute Gasteiger partial charge is 0.497 e. The molecule has 0 aliphatic carbocycles. The number of thioether (sulfide) groups is 1. The van der Waals surface area contributed by atoms with Gasteiger partial charge in [0.15, 0.2) is 5.17 Å². The number of aryl methyl sites for hydroxylation is 1. The number of rotatable bonds is 4. The van der Waals surface area contributed by atoms with Crippen molar-refractivity contribution in [3.63, 3.8) is 0 Å². The number of hydrogen-bond acceptors (Lipinski definition) is 4. The number of methoxy groups -OCH3 is 1. The highest BCUT2D eigenvalue weighted by molar-refractivity contribution is 8.18. The van der Waals surface area contributed by atoms with Crippen LogP contribution in [0.15, 0.2) is 58.4 Å². The molecule has 0 bridgehead atoms. The standard InChI is InChI=1S/C19H18N2O2S/c1-3-13-4-6-14(7-5-13)12-17-18(22)21-19(24-17)20-15-8-10-16(23-2)11-9-15/h4-12H,3H2,1-2H3,(H,20,21,22)/b17-12+.